The number of rotatable bonds is 5. The largest absolute Gasteiger partial charge is 0.495 e. The summed E-state index contributed by atoms with van der Waals surface area (Å²) >= 11 is 6.02. The van der Waals surface area contributed by atoms with Crippen molar-refractivity contribution in [1.29, 1.82) is 0 Å². The lowest BCUT2D eigenvalue weighted by atomic mass is 9.84. The summed E-state index contributed by atoms with van der Waals surface area (Å²) in [7, 11) is 1.56. The summed E-state index contributed by atoms with van der Waals surface area (Å²) in [5, 5.41) is 11.3. The fourth-order valence-electron chi connectivity index (χ4n) is 2.65. The molecule has 0 radical (unpaired) electrons. The zero-order valence-corrected chi connectivity index (χ0v) is 12.7. The fraction of sp³-hybridized carbons (Fsp3) is 0.600. The standard InChI is InChI=1S/C15H21ClO4/c1-3-20-15(6-8-19-9-7-15)14(17)11-4-5-12(16)13(10-11)18-2/h4-5,10,14,17H,3,6-9H2,1-2H3. The van der Waals surface area contributed by atoms with Crippen LogP contribution in [0, 0.1) is 0 Å². The van der Waals surface area contributed by atoms with Crippen LogP contribution < -0.4 is 4.74 Å². The predicted molar refractivity (Wildman–Crippen MR) is 77.4 cm³/mol. The Morgan fingerprint density at radius 2 is 2.10 bits per heavy atom. The molecule has 1 aliphatic rings. The number of hydrogen-bond acceptors (Lipinski definition) is 4. The van der Waals surface area contributed by atoms with E-state index < -0.39 is 11.7 Å². The van der Waals surface area contributed by atoms with E-state index in [1.54, 1.807) is 19.2 Å². The van der Waals surface area contributed by atoms with Gasteiger partial charge in [-0.1, -0.05) is 17.7 Å². The molecule has 1 aliphatic heterocycles. The van der Waals surface area contributed by atoms with Gasteiger partial charge in [-0.2, -0.15) is 0 Å². The van der Waals surface area contributed by atoms with Crippen LogP contribution in [0.5, 0.6) is 5.75 Å². The number of hydrogen-bond donors (Lipinski definition) is 1. The number of ether oxygens (including phenoxy) is 3. The smallest absolute Gasteiger partial charge is 0.137 e. The van der Waals surface area contributed by atoms with Crippen LogP contribution in [0.4, 0.5) is 0 Å². The fourth-order valence-corrected chi connectivity index (χ4v) is 2.85. The Hall–Kier alpha value is -0.810. The number of benzene rings is 1. The Labute approximate surface area is 124 Å². The van der Waals surface area contributed by atoms with E-state index in [2.05, 4.69) is 0 Å². The molecule has 1 atom stereocenters. The highest BCUT2D eigenvalue weighted by Crippen LogP contribution is 2.39. The Morgan fingerprint density at radius 3 is 2.70 bits per heavy atom. The highest BCUT2D eigenvalue weighted by molar-refractivity contribution is 6.32. The third-order valence-corrected chi connectivity index (χ3v) is 4.07. The third kappa shape index (κ3) is 3.09. The topological polar surface area (TPSA) is 47.9 Å². The van der Waals surface area contributed by atoms with E-state index in [-0.39, 0.29) is 0 Å². The van der Waals surface area contributed by atoms with Gasteiger partial charge in [0, 0.05) is 32.7 Å². The molecule has 1 fully saturated rings. The molecule has 0 amide bonds. The molecule has 0 saturated carbocycles. The lowest BCUT2D eigenvalue weighted by Gasteiger charge is -2.40. The first-order chi connectivity index (χ1) is 9.63. The van der Waals surface area contributed by atoms with Crippen molar-refractivity contribution in [1.82, 2.24) is 0 Å². The van der Waals surface area contributed by atoms with E-state index in [0.29, 0.717) is 43.4 Å². The van der Waals surface area contributed by atoms with Crippen LogP contribution in [0.1, 0.15) is 31.4 Å². The van der Waals surface area contributed by atoms with Gasteiger partial charge in [0.05, 0.1) is 12.1 Å². The number of halogens is 1. The van der Waals surface area contributed by atoms with Crippen molar-refractivity contribution < 1.29 is 19.3 Å². The van der Waals surface area contributed by atoms with Gasteiger partial charge in [-0.25, -0.2) is 0 Å². The number of methoxy groups -OCH3 is 1. The molecule has 1 N–H and O–H groups in total. The minimum atomic E-state index is -0.725. The average Bonchev–Trinajstić information content (AvgIpc) is 2.48. The van der Waals surface area contributed by atoms with Crippen molar-refractivity contribution in [3.05, 3.63) is 28.8 Å². The van der Waals surface area contributed by atoms with Gasteiger partial charge in [-0.05, 0) is 24.6 Å². The summed E-state index contributed by atoms with van der Waals surface area (Å²) < 4.78 is 16.5. The lowest BCUT2D eigenvalue weighted by Crippen LogP contribution is -2.44. The first kappa shape index (κ1) is 15.6. The summed E-state index contributed by atoms with van der Waals surface area (Å²) in [5.74, 6) is 0.557. The molecule has 112 valence electrons. The maximum Gasteiger partial charge on any atom is 0.137 e. The van der Waals surface area contributed by atoms with Crippen molar-refractivity contribution in [2.45, 2.75) is 31.5 Å². The zero-order chi connectivity index (χ0) is 14.6. The molecular formula is C15H21ClO4. The van der Waals surface area contributed by atoms with Gasteiger partial charge in [-0.15, -0.1) is 0 Å². The van der Waals surface area contributed by atoms with Crippen LogP contribution in [0.2, 0.25) is 5.02 Å². The van der Waals surface area contributed by atoms with Gasteiger partial charge in [0.1, 0.15) is 17.5 Å². The highest BCUT2D eigenvalue weighted by Gasteiger charge is 2.41. The third-order valence-electron chi connectivity index (χ3n) is 3.76. The van der Waals surface area contributed by atoms with Gasteiger partial charge in [0.15, 0.2) is 0 Å². The van der Waals surface area contributed by atoms with Crippen molar-refractivity contribution in [2.75, 3.05) is 26.9 Å². The normalized spacial score (nSPS) is 19.6. The van der Waals surface area contributed by atoms with Gasteiger partial charge in [0.25, 0.3) is 0 Å². The van der Waals surface area contributed by atoms with Gasteiger partial charge in [0.2, 0.25) is 0 Å². The van der Waals surface area contributed by atoms with Crippen LogP contribution in [0.15, 0.2) is 18.2 Å². The highest BCUT2D eigenvalue weighted by atomic mass is 35.5. The quantitative estimate of drug-likeness (QED) is 0.908. The molecule has 0 spiro atoms. The molecule has 1 aromatic rings. The second-order valence-corrected chi connectivity index (χ2v) is 5.31. The molecule has 1 saturated heterocycles. The Balaban J connectivity index is 2.29. The molecule has 4 nitrogen and oxygen atoms in total. The minimum Gasteiger partial charge on any atom is -0.495 e. The van der Waals surface area contributed by atoms with Crippen LogP contribution in [-0.4, -0.2) is 37.6 Å². The van der Waals surface area contributed by atoms with Crippen molar-refractivity contribution in [2.24, 2.45) is 0 Å². The Morgan fingerprint density at radius 1 is 1.40 bits per heavy atom. The summed E-state index contributed by atoms with van der Waals surface area (Å²) in [4.78, 5) is 0. The van der Waals surface area contributed by atoms with Crippen molar-refractivity contribution in [3.8, 4) is 5.75 Å². The lowest BCUT2D eigenvalue weighted by molar-refractivity contribution is -0.168. The SMILES string of the molecule is CCOC1(C(O)c2ccc(Cl)c(OC)c2)CCOCC1. The van der Waals surface area contributed by atoms with Gasteiger partial charge >= 0.3 is 0 Å². The van der Waals surface area contributed by atoms with Gasteiger partial charge < -0.3 is 19.3 Å². The van der Waals surface area contributed by atoms with Gasteiger partial charge in [-0.3, -0.25) is 0 Å². The van der Waals surface area contributed by atoms with Crippen LogP contribution >= 0.6 is 11.6 Å². The van der Waals surface area contributed by atoms with E-state index in [1.807, 2.05) is 13.0 Å². The second-order valence-electron chi connectivity index (χ2n) is 4.91. The molecule has 0 bridgehead atoms. The van der Waals surface area contributed by atoms with E-state index in [1.165, 1.54) is 0 Å². The van der Waals surface area contributed by atoms with E-state index in [4.69, 9.17) is 25.8 Å². The van der Waals surface area contributed by atoms with E-state index in [9.17, 15) is 5.11 Å². The molecule has 5 heteroatoms. The minimum absolute atomic E-state index is 0.529. The maximum atomic E-state index is 10.8. The maximum absolute atomic E-state index is 10.8. The average molecular weight is 301 g/mol. The molecule has 0 aromatic heterocycles. The predicted octanol–water partition coefficient (Wildman–Crippen LogP) is 2.97. The molecular weight excluding hydrogens is 280 g/mol. The van der Waals surface area contributed by atoms with Crippen molar-refractivity contribution in [3.63, 3.8) is 0 Å². The monoisotopic (exact) mass is 300 g/mol. The number of aliphatic hydroxyl groups excluding tert-OH is 1. The number of aliphatic hydroxyl groups is 1. The summed E-state index contributed by atoms with van der Waals surface area (Å²) in [5.41, 5.74) is 0.160. The molecule has 1 unspecified atom stereocenters. The second kappa shape index (κ2) is 6.76. The molecule has 0 aliphatic carbocycles. The first-order valence-corrected chi connectivity index (χ1v) is 7.24. The summed E-state index contributed by atoms with van der Waals surface area (Å²) in [6.45, 7) is 3.69. The molecule has 20 heavy (non-hydrogen) atoms. The Bertz CT molecular complexity index is 438. The van der Waals surface area contributed by atoms with Crippen LogP contribution in [-0.2, 0) is 9.47 Å². The molecule has 2 rings (SSSR count). The Kier molecular flexibility index (Phi) is 5.27. The summed E-state index contributed by atoms with van der Waals surface area (Å²) in [6.07, 6.45) is 0.623. The molecule has 1 aromatic carbocycles. The summed E-state index contributed by atoms with van der Waals surface area (Å²) in [6, 6.07) is 5.31. The van der Waals surface area contributed by atoms with E-state index in [0.717, 1.165) is 5.56 Å². The van der Waals surface area contributed by atoms with Crippen LogP contribution in [0.3, 0.4) is 0 Å². The molecule has 1 heterocycles. The van der Waals surface area contributed by atoms with Crippen LogP contribution in [0.25, 0.3) is 0 Å². The first-order valence-electron chi connectivity index (χ1n) is 6.86. The van der Waals surface area contributed by atoms with E-state index >= 15 is 0 Å². The van der Waals surface area contributed by atoms with Crippen molar-refractivity contribution >= 4 is 11.6 Å². The zero-order valence-electron chi connectivity index (χ0n) is 11.9.